The second kappa shape index (κ2) is 4.50. The molecule has 0 aliphatic carbocycles. The van der Waals surface area contributed by atoms with E-state index in [2.05, 4.69) is 4.98 Å². The normalized spacial score (nSPS) is 17.9. The highest BCUT2D eigenvalue weighted by Crippen LogP contribution is 2.27. The largest absolute Gasteiger partial charge is 0.428 e. The van der Waals surface area contributed by atoms with Crippen LogP contribution in [0, 0.1) is 0 Å². The Hall–Kier alpha value is -1.60. The van der Waals surface area contributed by atoms with Gasteiger partial charge in [-0.15, -0.1) is 0 Å². The highest BCUT2D eigenvalue weighted by atomic mass is 32.2. The fourth-order valence-corrected chi connectivity index (χ4v) is 3.70. The van der Waals surface area contributed by atoms with Gasteiger partial charge in [0.05, 0.1) is 5.25 Å². The summed E-state index contributed by atoms with van der Waals surface area (Å²) in [4.78, 5) is 4.04. The number of aromatic nitrogens is 1. The third-order valence-corrected chi connectivity index (χ3v) is 5.25. The smallest absolute Gasteiger partial charge is 0.316 e. The SMILES string of the molecule is Nc1ccc2oc(S(=O)(=O)C3CCOCC3)nc2c1. The van der Waals surface area contributed by atoms with Gasteiger partial charge in [-0.2, -0.15) is 4.98 Å². The molecule has 0 saturated carbocycles. The van der Waals surface area contributed by atoms with Gasteiger partial charge in [-0.25, -0.2) is 8.42 Å². The van der Waals surface area contributed by atoms with Gasteiger partial charge >= 0.3 is 5.22 Å². The molecule has 1 aromatic heterocycles. The lowest BCUT2D eigenvalue weighted by Gasteiger charge is -2.20. The number of oxazole rings is 1. The van der Waals surface area contributed by atoms with E-state index in [4.69, 9.17) is 14.9 Å². The molecule has 1 saturated heterocycles. The van der Waals surface area contributed by atoms with E-state index >= 15 is 0 Å². The molecule has 0 amide bonds. The molecule has 2 heterocycles. The zero-order valence-corrected chi connectivity index (χ0v) is 11.0. The molecule has 0 unspecified atom stereocenters. The third-order valence-electron chi connectivity index (χ3n) is 3.24. The summed E-state index contributed by atoms with van der Waals surface area (Å²) in [6.45, 7) is 0.911. The van der Waals surface area contributed by atoms with Crippen molar-refractivity contribution in [1.82, 2.24) is 4.98 Å². The summed E-state index contributed by atoms with van der Waals surface area (Å²) < 4.78 is 35.3. The van der Waals surface area contributed by atoms with Crippen molar-refractivity contribution in [3.63, 3.8) is 0 Å². The van der Waals surface area contributed by atoms with Crippen LogP contribution in [0.4, 0.5) is 5.69 Å². The lowest BCUT2D eigenvalue weighted by atomic mass is 10.2. The molecular weight excluding hydrogens is 268 g/mol. The first-order valence-corrected chi connectivity index (χ1v) is 7.60. The molecule has 1 fully saturated rings. The van der Waals surface area contributed by atoms with E-state index in [0.29, 0.717) is 42.8 Å². The molecular formula is C12H14N2O4S. The first-order valence-electron chi connectivity index (χ1n) is 6.05. The standard InChI is InChI=1S/C12H14N2O4S/c13-8-1-2-11-10(7-8)14-12(18-11)19(15,16)9-3-5-17-6-4-9/h1-2,7,9H,3-6,13H2. The predicted molar refractivity (Wildman–Crippen MR) is 69.4 cm³/mol. The Morgan fingerprint density at radius 3 is 2.74 bits per heavy atom. The van der Waals surface area contributed by atoms with Crippen LogP contribution in [-0.2, 0) is 14.6 Å². The van der Waals surface area contributed by atoms with E-state index in [1.165, 1.54) is 0 Å². The van der Waals surface area contributed by atoms with Crippen LogP contribution < -0.4 is 5.73 Å². The Bertz CT molecular complexity index is 702. The van der Waals surface area contributed by atoms with Crippen LogP contribution in [0.25, 0.3) is 11.1 Å². The van der Waals surface area contributed by atoms with Crippen LogP contribution >= 0.6 is 0 Å². The molecule has 6 nitrogen and oxygen atoms in total. The number of nitrogen functional groups attached to an aromatic ring is 1. The summed E-state index contributed by atoms with van der Waals surface area (Å²) in [5.74, 6) is 0. The number of hydrogen-bond donors (Lipinski definition) is 1. The summed E-state index contributed by atoms with van der Waals surface area (Å²) in [7, 11) is -3.54. The quantitative estimate of drug-likeness (QED) is 0.836. The number of ether oxygens (including phenoxy) is 1. The number of hydrogen-bond acceptors (Lipinski definition) is 6. The van der Waals surface area contributed by atoms with Crippen LogP contribution in [-0.4, -0.2) is 31.9 Å². The molecule has 0 spiro atoms. The van der Waals surface area contributed by atoms with Gasteiger partial charge in [0, 0.05) is 18.9 Å². The maximum atomic E-state index is 12.4. The van der Waals surface area contributed by atoms with E-state index in [1.54, 1.807) is 18.2 Å². The van der Waals surface area contributed by atoms with Gasteiger partial charge in [0.25, 0.3) is 0 Å². The Balaban J connectivity index is 2.02. The second-order valence-corrected chi connectivity index (χ2v) is 6.67. The fraction of sp³-hybridized carbons (Fsp3) is 0.417. The average Bonchev–Trinajstić information content (AvgIpc) is 2.83. The Morgan fingerprint density at radius 2 is 2.00 bits per heavy atom. The van der Waals surface area contributed by atoms with Gasteiger partial charge in [-0.3, -0.25) is 0 Å². The molecule has 7 heteroatoms. The average molecular weight is 282 g/mol. The molecule has 1 aliphatic rings. The fourth-order valence-electron chi connectivity index (χ4n) is 2.17. The molecule has 19 heavy (non-hydrogen) atoms. The van der Waals surface area contributed by atoms with Gasteiger partial charge in [-0.1, -0.05) is 0 Å². The Morgan fingerprint density at radius 1 is 1.26 bits per heavy atom. The van der Waals surface area contributed by atoms with Gasteiger partial charge in [-0.05, 0) is 31.0 Å². The molecule has 1 aromatic carbocycles. The number of nitrogens with zero attached hydrogens (tertiary/aromatic N) is 1. The lowest BCUT2D eigenvalue weighted by Crippen LogP contribution is -2.29. The zero-order valence-electron chi connectivity index (χ0n) is 10.2. The molecule has 102 valence electrons. The monoisotopic (exact) mass is 282 g/mol. The van der Waals surface area contributed by atoms with Gasteiger partial charge in [0.15, 0.2) is 5.58 Å². The second-order valence-electron chi connectivity index (χ2n) is 4.56. The number of anilines is 1. The van der Waals surface area contributed by atoms with Crippen molar-refractivity contribution < 1.29 is 17.6 Å². The lowest BCUT2D eigenvalue weighted by molar-refractivity contribution is 0.0980. The van der Waals surface area contributed by atoms with E-state index < -0.39 is 15.1 Å². The number of benzene rings is 1. The summed E-state index contributed by atoms with van der Waals surface area (Å²) in [6.07, 6.45) is 0.951. The highest BCUT2D eigenvalue weighted by molar-refractivity contribution is 7.91. The van der Waals surface area contributed by atoms with Crippen LogP contribution in [0.15, 0.2) is 27.8 Å². The zero-order chi connectivity index (χ0) is 13.5. The maximum absolute atomic E-state index is 12.4. The van der Waals surface area contributed by atoms with Crippen LogP contribution in [0.2, 0.25) is 0 Å². The van der Waals surface area contributed by atoms with Crippen LogP contribution in [0.3, 0.4) is 0 Å². The minimum absolute atomic E-state index is 0.222. The van der Waals surface area contributed by atoms with Crippen molar-refractivity contribution in [2.45, 2.75) is 23.3 Å². The first-order chi connectivity index (χ1) is 9.07. The maximum Gasteiger partial charge on any atom is 0.316 e. The molecule has 0 bridgehead atoms. The Kier molecular flexibility index (Phi) is 2.94. The van der Waals surface area contributed by atoms with Crippen molar-refractivity contribution in [1.29, 1.82) is 0 Å². The predicted octanol–water partition coefficient (Wildman–Crippen LogP) is 1.36. The number of rotatable bonds is 2. The number of fused-ring (bicyclic) bond motifs is 1. The minimum atomic E-state index is -3.54. The van der Waals surface area contributed by atoms with Crippen molar-refractivity contribution in [3.05, 3.63) is 18.2 Å². The summed E-state index contributed by atoms with van der Waals surface area (Å²) >= 11 is 0. The van der Waals surface area contributed by atoms with Crippen molar-refractivity contribution in [3.8, 4) is 0 Å². The van der Waals surface area contributed by atoms with E-state index in [0.717, 1.165) is 0 Å². The van der Waals surface area contributed by atoms with Gasteiger partial charge in [0.2, 0.25) is 9.84 Å². The minimum Gasteiger partial charge on any atom is -0.428 e. The number of sulfone groups is 1. The topological polar surface area (TPSA) is 95.4 Å². The molecule has 2 N–H and O–H groups in total. The molecule has 1 aliphatic heterocycles. The third kappa shape index (κ3) is 2.19. The van der Waals surface area contributed by atoms with Gasteiger partial charge < -0.3 is 14.9 Å². The first kappa shape index (κ1) is 12.4. The molecule has 0 atom stereocenters. The van der Waals surface area contributed by atoms with E-state index in [-0.39, 0.29) is 5.22 Å². The van der Waals surface area contributed by atoms with Crippen molar-refractivity contribution in [2.75, 3.05) is 18.9 Å². The van der Waals surface area contributed by atoms with E-state index in [9.17, 15) is 8.42 Å². The summed E-state index contributed by atoms with van der Waals surface area (Å²) in [5, 5.41) is -0.702. The van der Waals surface area contributed by atoms with E-state index in [1.807, 2.05) is 0 Å². The summed E-state index contributed by atoms with van der Waals surface area (Å²) in [5.41, 5.74) is 7.06. The van der Waals surface area contributed by atoms with Crippen LogP contribution in [0.1, 0.15) is 12.8 Å². The summed E-state index contributed by atoms with van der Waals surface area (Å²) in [6, 6.07) is 4.88. The van der Waals surface area contributed by atoms with Gasteiger partial charge in [0.1, 0.15) is 5.52 Å². The van der Waals surface area contributed by atoms with Crippen LogP contribution in [0.5, 0.6) is 0 Å². The Labute approximate surface area is 110 Å². The molecule has 0 radical (unpaired) electrons. The molecule has 3 rings (SSSR count). The van der Waals surface area contributed by atoms with Crippen molar-refractivity contribution >= 4 is 26.6 Å². The van der Waals surface area contributed by atoms with Crippen molar-refractivity contribution in [2.24, 2.45) is 0 Å². The molecule has 2 aromatic rings. The highest BCUT2D eigenvalue weighted by Gasteiger charge is 2.33. The number of nitrogens with two attached hydrogens (primary N) is 1.